The fraction of sp³-hybridized carbons (Fsp3) is 0.308. The maximum Gasteiger partial charge on any atom is 0.288 e. The van der Waals surface area contributed by atoms with Crippen LogP contribution in [0.4, 0.5) is 5.69 Å². The zero-order chi connectivity index (χ0) is 14.4. The summed E-state index contributed by atoms with van der Waals surface area (Å²) in [5.74, 6) is 2.00. The smallest absolute Gasteiger partial charge is 0.288 e. The lowest BCUT2D eigenvalue weighted by Crippen LogP contribution is -2.34. The quantitative estimate of drug-likeness (QED) is 0.512. The van der Waals surface area contributed by atoms with E-state index in [1.54, 1.807) is 0 Å². The Morgan fingerprint density at radius 2 is 2.32 bits per heavy atom. The summed E-state index contributed by atoms with van der Waals surface area (Å²) < 4.78 is 0. The maximum atomic E-state index is 12.0. The second-order valence-corrected chi connectivity index (χ2v) is 4.26. The average Bonchev–Trinajstić information content (AvgIpc) is 2.37. The molecule has 1 N–H and O–H groups in total. The molecule has 1 aromatic rings. The predicted molar refractivity (Wildman–Crippen MR) is 73.1 cm³/mol. The highest BCUT2D eigenvalue weighted by Crippen LogP contribution is 2.27. The number of terminal acetylenes is 1. The van der Waals surface area contributed by atoms with Gasteiger partial charge in [-0.2, -0.15) is 0 Å². The molecule has 0 heterocycles. The van der Waals surface area contributed by atoms with Gasteiger partial charge in [-0.3, -0.25) is 14.9 Å². The van der Waals surface area contributed by atoms with Gasteiger partial charge in [0.25, 0.3) is 11.6 Å². The molecule has 0 fully saturated rings. The molecule has 100 valence electrons. The molecule has 0 aliphatic heterocycles. The number of carbonyl (C=O) groups is 1. The van der Waals surface area contributed by atoms with Gasteiger partial charge in [0, 0.05) is 18.5 Å². The van der Waals surface area contributed by atoms with Crippen molar-refractivity contribution < 1.29 is 9.72 Å². The van der Waals surface area contributed by atoms with Crippen LogP contribution in [0.3, 0.4) is 0 Å². The van der Waals surface area contributed by atoms with Crippen molar-refractivity contribution in [1.82, 2.24) is 5.32 Å². The lowest BCUT2D eigenvalue weighted by molar-refractivity contribution is -0.384. The molecule has 6 heteroatoms. The largest absolute Gasteiger partial charge is 0.348 e. The Hall–Kier alpha value is -2.06. The van der Waals surface area contributed by atoms with Crippen LogP contribution < -0.4 is 5.32 Å². The molecule has 19 heavy (non-hydrogen) atoms. The van der Waals surface area contributed by atoms with Gasteiger partial charge < -0.3 is 5.32 Å². The molecule has 0 aromatic heterocycles. The zero-order valence-electron chi connectivity index (χ0n) is 10.4. The molecular formula is C13H13ClN2O3. The van der Waals surface area contributed by atoms with Crippen molar-refractivity contribution in [2.75, 3.05) is 0 Å². The van der Waals surface area contributed by atoms with Gasteiger partial charge >= 0.3 is 0 Å². The Labute approximate surface area is 116 Å². The van der Waals surface area contributed by atoms with Crippen LogP contribution in [-0.4, -0.2) is 16.9 Å². The number of carbonyl (C=O) groups excluding carboxylic acids is 1. The second-order valence-electron chi connectivity index (χ2n) is 3.88. The van der Waals surface area contributed by atoms with E-state index in [1.807, 2.05) is 6.92 Å². The Balaban J connectivity index is 2.98. The minimum atomic E-state index is -0.627. The average molecular weight is 281 g/mol. The van der Waals surface area contributed by atoms with Crippen molar-refractivity contribution in [2.45, 2.75) is 25.8 Å². The number of amides is 1. The van der Waals surface area contributed by atoms with Crippen molar-refractivity contribution in [3.05, 3.63) is 38.9 Å². The normalized spacial score (nSPS) is 11.4. The van der Waals surface area contributed by atoms with Gasteiger partial charge in [0.05, 0.1) is 10.5 Å². The molecule has 0 saturated heterocycles. The highest BCUT2D eigenvalue weighted by molar-refractivity contribution is 6.35. The molecule has 1 rings (SSSR count). The molecule has 5 nitrogen and oxygen atoms in total. The highest BCUT2D eigenvalue weighted by Gasteiger charge is 2.21. The van der Waals surface area contributed by atoms with Crippen molar-refractivity contribution in [1.29, 1.82) is 0 Å². The van der Waals surface area contributed by atoms with Crippen LogP contribution in [0.1, 0.15) is 30.1 Å². The Morgan fingerprint density at radius 3 is 2.84 bits per heavy atom. The lowest BCUT2D eigenvalue weighted by Gasteiger charge is -2.14. The van der Waals surface area contributed by atoms with Crippen molar-refractivity contribution in [3.8, 4) is 12.3 Å². The van der Waals surface area contributed by atoms with E-state index in [0.29, 0.717) is 12.8 Å². The minimum absolute atomic E-state index is 0.0753. The lowest BCUT2D eigenvalue weighted by atomic mass is 10.1. The Morgan fingerprint density at radius 1 is 1.63 bits per heavy atom. The Kier molecular flexibility index (Phi) is 5.34. The molecule has 0 saturated carbocycles. The molecular weight excluding hydrogens is 268 g/mol. The van der Waals surface area contributed by atoms with Crippen molar-refractivity contribution >= 4 is 23.2 Å². The zero-order valence-corrected chi connectivity index (χ0v) is 11.1. The SMILES string of the molecule is C#CCC(CC)NC(=O)c1cccc([N+](=O)[O-])c1Cl. The van der Waals surface area contributed by atoms with E-state index >= 15 is 0 Å². The molecule has 0 spiro atoms. The van der Waals surface area contributed by atoms with Crippen LogP contribution in [0.15, 0.2) is 18.2 Å². The summed E-state index contributed by atoms with van der Waals surface area (Å²) in [6, 6.07) is 3.93. The summed E-state index contributed by atoms with van der Waals surface area (Å²) in [4.78, 5) is 22.1. The van der Waals surface area contributed by atoms with E-state index in [2.05, 4.69) is 11.2 Å². The molecule has 0 aliphatic carbocycles. The number of rotatable bonds is 5. The van der Waals surface area contributed by atoms with Crippen LogP contribution in [-0.2, 0) is 0 Å². The van der Waals surface area contributed by atoms with E-state index in [4.69, 9.17) is 18.0 Å². The molecule has 1 amide bonds. The van der Waals surface area contributed by atoms with E-state index in [9.17, 15) is 14.9 Å². The third-order valence-electron chi connectivity index (χ3n) is 2.61. The summed E-state index contributed by atoms with van der Waals surface area (Å²) in [5, 5.41) is 13.3. The molecule has 0 bridgehead atoms. The van der Waals surface area contributed by atoms with E-state index < -0.39 is 10.8 Å². The molecule has 1 aromatic carbocycles. The first-order valence-corrected chi connectivity index (χ1v) is 6.06. The van der Waals surface area contributed by atoms with Gasteiger partial charge in [0.2, 0.25) is 0 Å². The Bertz CT molecular complexity index is 537. The topological polar surface area (TPSA) is 72.2 Å². The highest BCUT2D eigenvalue weighted by atomic mass is 35.5. The van der Waals surface area contributed by atoms with Crippen LogP contribution in [0.5, 0.6) is 0 Å². The van der Waals surface area contributed by atoms with E-state index in [1.165, 1.54) is 18.2 Å². The van der Waals surface area contributed by atoms with E-state index in [0.717, 1.165) is 0 Å². The standard InChI is InChI=1S/C13H13ClN2O3/c1-3-6-9(4-2)15-13(17)10-7-5-8-11(12(10)14)16(18)19/h1,5,7-9H,4,6H2,2H3,(H,15,17). The van der Waals surface area contributed by atoms with E-state index in [-0.39, 0.29) is 22.3 Å². The van der Waals surface area contributed by atoms with Crippen LogP contribution in [0, 0.1) is 22.5 Å². The summed E-state index contributed by atoms with van der Waals surface area (Å²) in [6.45, 7) is 1.89. The van der Waals surface area contributed by atoms with Crippen molar-refractivity contribution in [3.63, 3.8) is 0 Å². The molecule has 0 aliphatic rings. The monoisotopic (exact) mass is 280 g/mol. The number of nitrogens with zero attached hydrogens (tertiary/aromatic N) is 1. The third kappa shape index (κ3) is 3.70. The maximum absolute atomic E-state index is 12.0. The van der Waals surface area contributed by atoms with Crippen LogP contribution >= 0.6 is 11.6 Å². The van der Waals surface area contributed by atoms with Gasteiger partial charge in [-0.25, -0.2) is 0 Å². The number of hydrogen-bond donors (Lipinski definition) is 1. The fourth-order valence-corrected chi connectivity index (χ4v) is 1.82. The molecule has 0 radical (unpaired) electrons. The predicted octanol–water partition coefficient (Wildman–Crippen LogP) is 2.78. The van der Waals surface area contributed by atoms with Gasteiger partial charge in [-0.1, -0.05) is 24.6 Å². The van der Waals surface area contributed by atoms with Gasteiger partial charge in [0.15, 0.2) is 0 Å². The minimum Gasteiger partial charge on any atom is -0.348 e. The summed E-state index contributed by atoms with van der Waals surface area (Å²) >= 11 is 5.86. The summed E-state index contributed by atoms with van der Waals surface area (Å²) in [7, 11) is 0. The van der Waals surface area contributed by atoms with Crippen molar-refractivity contribution in [2.24, 2.45) is 0 Å². The molecule has 1 atom stereocenters. The first-order chi connectivity index (χ1) is 9.01. The first-order valence-electron chi connectivity index (χ1n) is 5.68. The van der Waals surface area contributed by atoms with Gasteiger partial charge in [-0.15, -0.1) is 12.3 Å². The van der Waals surface area contributed by atoms with Gasteiger partial charge in [-0.05, 0) is 12.5 Å². The van der Waals surface area contributed by atoms with Crippen LogP contribution in [0.25, 0.3) is 0 Å². The number of nitro benzene ring substituents is 1. The molecule has 1 unspecified atom stereocenters. The van der Waals surface area contributed by atoms with Gasteiger partial charge in [0.1, 0.15) is 5.02 Å². The first kappa shape index (κ1) is 15.0. The number of benzene rings is 1. The summed E-state index contributed by atoms with van der Waals surface area (Å²) in [6.07, 6.45) is 6.26. The fourth-order valence-electron chi connectivity index (χ4n) is 1.54. The number of halogens is 1. The van der Waals surface area contributed by atoms with Crippen LogP contribution in [0.2, 0.25) is 5.02 Å². The number of nitro groups is 1. The second kappa shape index (κ2) is 6.76. The third-order valence-corrected chi connectivity index (χ3v) is 3.01. The number of hydrogen-bond acceptors (Lipinski definition) is 3. The summed E-state index contributed by atoms with van der Waals surface area (Å²) in [5.41, 5.74) is -0.217. The number of nitrogens with one attached hydrogen (secondary N) is 1.